The number of nitrogens with one attached hydrogen (secondary N) is 2. The molecular formula is C19H15ClN4O4. The number of nitrogens with zero attached hydrogens (tertiary/aromatic N) is 2. The first-order chi connectivity index (χ1) is 13.4. The molecule has 0 aliphatic heterocycles. The molecule has 0 bridgehead atoms. The van der Waals surface area contributed by atoms with Crippen LogP contribution < -0.4 is 10.7 Å². The first-order valence-corrected chi connectivity index (χ1v) is 8.51. The van der Waals surface area contributed by atoms with Gasteiger partial charge in [0, 0.05) is 17.3 Å². The Balaban J connectivity index is 1.64. The van der Waals surface area contributed by atoms with Gasteiger partial charge in [-0.2, -0.15) is 5.10 Å². The number of aryl methyl sites for hydroxylation is 1. The van der Waals surface area contributed by atoms with E-state index in [0.717, 1.165) is 5.56 Å². The largest absolute Gasteiger partial charge is 0.455 e. The minimum atomic E-state index is -0.561. The normalized spacial score (nSPS) is 10.8. The molecule has 0 spiro atoms. The molecule has 8 nitrogen and oxygen atoms in total. The topological polar surface area (TPSA) is 110 Å². The number of amides is 2. The van der Waals surface area contributed by atoms with E-state index in [0.29, 0.717) is 22.8 Å². The van der Waals surface area contributed by atoms with Gasteiger partial charge < -0.3 is 9.73 Å². The Kier molecular flexibility index (Phi) is 5.71. The second-order valence-corrected chi connectivity index (χ2v) is 6.17. The van der Waals surface area contributed by atoms with Crippen molar-refractivity contribution in [3.8, 4) is 11.3 Å². The molecule has 1 aromatic heterocycles. The molecule has 1 heterocycles. The fourth-order valence-corrected chi connectivity index (χ4v) is 2.59. The summed E-state index contributed by atoms with van der Waals surface area (Å²) in [5.74, 6) is 0.773. The van der Waals surface area contributed by atoms with Crippen LogP contribution in [0.15, 0.2) is 64.1 Å². The highest BCUT2D eigenvalue weighted by molar-refractivity contribution is 6.32. The molecule has 28 heavy (non-hydrogen) atoms. The number of hydrogen-bond donors (Lipinski definition) is 2. The summed E-state index contributed by atoms with van der Waals surface area (Å²) in [7, 11) is 0. The van der Waals surface area contributed by atoms with Crippen molar-refractivity contribution >= 4 is 35.2 Å². The van der Waals surface area contributed by atoms with Crippen LogP contribution in [-0.4, -0.2) is 17.2 Å². The zero-order chi connectivity index (χ0) is 20.1. The maximum atomic E-state index is 11.9. The van der Waals surface area contributed by atoms with E-state index >= 15 is 0 Å². The molecule has 2 aromatic carbocycles. The Morgan fingerprint density at radius 2 is 2.00 bits per heavy atom. The molecule has 9 heteroatoms. The van der Waals surface area contributed by atoms with Crippen LogP contribution in [-0.2, 0) is 0 Å². The standard InChI is InChI=1S/C19H15ClN4O4/c1-12-4-2-3-5-16(12)22-19(25)23-21-11-14-7-9-18(28-14)13-6-8-15(20)17(10-13)24(26)27/h2-11H,1H3,(H2,22,23,25). The van der Waals surface area contributed by atoms with Crippen LogP contribution in [0.5, 0.6) is 0 Å². The van der Waals surface area contributed by atoms with Gasteiger partial charge in [0.25, 0.3) is 5.69 Å². The number of carbonyl (C=O) groups is 1. The monoisotopic (exact) mass is 398 g/mol. The van der Waals surface area contributed by atoms with Gasteiger partial charge >= 0.3 is 6.03 Å². The summed E-state index contributed by atoms with van der Waals surface area (Å²) < 4.78 is 5.58. The van der Waals surface area contributed by atoms with Crippen LogP contribution in [0.25, 0.3) is 11.3 Å². The molecule has 3 aromatic rings. The van der Waals surface area contributed by atoms with Crippen molar-refractivity contribution in [3.05, 3.63) is 81.1 Å². The lowest BCUT2D eigenvalue weighted by molar-refractivity contribution is -0.384. The third-order valence-electron chi connectivity index (χ3n) is 3.81. The molecule has 0 radical (unpaired) electrons. The van der Waals surface area contributed by atoms with E-state index < -0.39 is 11.0 Å². The number of halogens is 1. The number of hydrogen-bond acceptors (Lipinski definition) is 5. The number of benzene rings is 2. The summed E-state index contributed by atoms with van der Waals surface area (Å²) in [5.41, 5.74) is 4.24. The fraction of sp³-hybridized carbons (Fsp3) is 0.0526. The summed E-state index contributed by atoms with van der Waals surface area (Å²) in [4.78, 5) is 22.3. The number of nitro benzene ring substituents is 1. The SMILES string of the molecule is Cc1ccccc1NC(=O)NN=Cc1ccc(-c2ccc(Cl)c([N+](=O)[O-])c2)o1. The Labute approximate surface area is 165 Å². The van der Waals surface area contributed by atoms with Gasteiger partial charge in [-0.25, -0.2) is 10.2 Å². The predicted molar refractivity (Wildman–Crippen MR) is 107 cm³/mol. The number of carbonyl (C=O) groups excluding carboxylic acids is 1. The van der Waals surface area contributed by atoms with Gasteiger partial charge in [-0.3, -0.25) is 10.1 Å². The molecule has 0 aliphatic rings. The second kappa shape index (κ2) is 8.36. The van der Waals surface area contributed by atoms with Crippen LogP contribution in [0.1, 0.15) is 11.3 Å². The van der Waals surface area contributed by atoms with Gasteiger partial charge in [-0.05, 0) is 42.8 Å². The van der Waals surface area contributed by atoms with Gasteiger partial charge in [-0.1, -0.05) is 29.8 Å². The van der Waals surface area contributed by atoms with E-state index in [1.807, 2.05) is 25.1 Å². The molecule has 2 N–H and O–H groups in total. The van der Waals surface area contributed by atoms with Crippen LogP contribution in [0.2, 0.25) is 5.02 Å². The molecule has 0 saturated heterocycles. The Morgan fingerprint density at radius 3 is 2.75 bits per heavy atom. The highest BCUT2D eigenvalue weighted by Crippen LogP contribution is 2.31. The number of nitro groups is 1. The predicted octanol–water partition coefficient (Wildman–Crippen LogP) is 4.97. The van der Waals surface area contributed by atoms with Crippen molar-refractivity contribution in [1.82, 2.24) is 5.43 Å². The van der Waals surface area contributed by atoms with Crippen molar-refractivity contribution < 1.29 is 14.1 Å². The molecule has 0 aliphatic carbocycles. The average molecular weight is 399 g/mol. The van der Waals surface area contributed by atoms with E-state index in [4.69, 9.17) is 16.0 Å². The lowest BCUT2D eigenvalue weighted by Crippen LogP contribution is -2.24. The number of hydrazone groups is 1. The zero-order valence-corrected chi connectivity index (χ0v) is 15.4. The van der Waals surface area contributed by atoms with Gasteiger partial charge in [-0.15, -0.1) is 0 Å². The molecule has 0 unspecified atom stereocenters. The third-order valence-corrected chi connectivity index (χ3v) is 4.12. The number of urea groups is 1. The summed E-state index contributed by atoms with van der Waals surface area (Å²) >= 11 is 5.81. The number of anilines is 1. The molecular weight excluding hydrogens is 384 g/mol. The minimum Gasteiger partial charge on any atom is -0.455 e. The third kappa shape index (κ3) is 4.54. The fourth-order valence-electron chi connectivity index (χ4n) is 2.40. The Hall–Kier alpha value is -3.65. The van der Waals surface area contributed by atoms with Crippen LogP contribution >= 0.6 is 11.6 Å². The number of rotatable bonds is 5. The molecule has 0 saturated carbocycles. The van der Waals surface area contributed by atoms with E-state index in [2.05, 4.69) is 15.8 Å². The maximum absolute atomic E-state index is 11.9. The van der Waals surface area contributed by atoms with Gasteiger partial charge in [0.1, 0.15) is 16.5 Å². The first kappa shape index (κ1) is 19.1. The van der Waals surface area contributed by atoms with Gasteiger partial charge in [0.05, 0.1) is 11.1 Å². The van der Waals surface area contributed by atoms with Crippen molar-refractivity contribution in [2.45, 2.75) is 6.92 Å². The summed E-state index contributed by atoms with van der Waals surface area (Å²) in [5, 5.41) is 17.5. The highest BCUT2D eigenvalue weighted by Gasteiger charge is 2.15. The summed E-state index contributed by atoms with van der Waals surface area (Å²) in [6.45, 7) is 1.88. The molecule has 142 valence electrons. The van der Waals surface area contributed by atoms with Crippen molar-refractivity contribution in [2.75, 3.05) is 5.32 Å². The number of furan rings is 1. The molecule has 0 fully saturated rings. The molecule has 0 atom stereocenters. The second-order valence-electron chi connectivity index (χ2n) is 5.76. The van der Waals surface area contributed by atoms with Crippen LogP contribution in [0.3, 0.4) is 0 Å². The Bertz CT molecular complexity index is 1060. The van der Waals surface area contributed by atoms with Crippen LogP contribution in [0, 0.1) is 17.0 Å². The summed E-state index contributed by atoms with van der Waals surface area (Å²) in [6.07, 6.45) is 1.32. The lowest BCUT2D eigenvalue weighted by Gasteiger charge is -2.06. The maximum Gasteiger partial charge on any atom is 0.339 e. The smallest absolute Gasteiger partial charge is 0.339 e. The first-order valence-electron chi connectivity index (χ1n) is 8.14. The van der Waals surface area contributed by atoms with Crippen molar-refractivity contribution in [3.63, 3.8) is 0 Å². The molecule has 2 amide bonds. The highest BCUT2D eigenvalue weighted by atomic mass is 35.5. The van der Waals surface area contributed by atoms with Crippen molar-refractivity contribution in [1.29, 1.82) is 0 Å². The van der Waals surface area contributed by atoms with Gasteiger partial charge in [0.2, 0.25) is 0 Å². The van der Waals surface area contributed by atoms with Crippen LogP contribution in [0.4, 0.5) is 16.2 Å². The van der Waals surface area contributed by atoms with E-state index in [-0.39, 0.29) is 10.7 Å². The summed E-state index contributed by atoms with van der Waals surface area (Å²) in [6, 6.07) is 14.5. The van der Waals surface area contributed by atoms with E-state index in [9.17, 15) is 14.9 Å². The molecule has 3 rings (SSSR count). The minimum absolute atomic E-state index is 0.0472. The quantitative estimate of drug-likeness (QED) is 0.359. The van der Waals surface area contributed by atoms with Gasteiger partial charge in [0.15, 0.2) is 0 Å². The van der Waals surface area contributed by atoms with Crippen molar-refractivity contribution in [2.24, 2.45) is 5.10 Å². The number of para-hydroxylation sites is 1. The van der Waals surface area contributed by atoms with E-state index in [1.54, 1.807) is 24.3 Å². The average Bonchev–Trinajstić information content (AvgIpc) is 3.12. The Morgan fingerprint density at radius 1 is 1.21 bits per heavy atom. The van der Waals surface area contributed by atoms with E-state index in [1.165, 1.54) is 18.3 Å². The zero-order valence-electron chi connectivity index (χ0n) is 14.7. The lowest BCUT2D eigenvalue weighted by atomic mass is 10.1.